The molecule has 0 aliphatic rings. The summed E-state index contributed by atoms with van der Waals surface area (Å²) in [6.45, 7) is 3.44. The molecule has 1 aromatic heterocycles. The fourth-order valence-corrected chi connectivity index (χ4v) is 1.69. The highest BCUT2D eigenvalue weighted by Gasteiger charge is 2.05. The van der Waals surface area contributed by atoms with Crippen LogP contribution in [0.4, 0.5) is 0 Å². The van der Waals surface area contributed by atoms with Crippen molar-refractivity contribution in [2.45, 2.75) is 33.3 Å². The predicted molar refractivity (Wildman–Crippen MR) is 90.9 cm³/mol. The van der Waals surface area contributed by atoms with Crippen LogP contribution in [0.1, 0.15) is 43.0 Å². The minimum absolute atomic E-state index is 0.116. The normalized spacial score (nSPS) is 12.2. The van der Waals surface area contributed by atoms with Crippen molar-refractivity contribution >= 4 is 24.3 Å². The third-order valence-electron chi connectivity index (χ3n) is 3.14. The molecule has 6 heteroatoms. The summed E-state index contributed by atoms with van der Waals surface area (Å²) in [5.74, 6) is -0.385. The van der Waals surface area contributed by atoms with Crippen LogP contribution in [0.5, 0.6) is 0 Å². The van der Waals surface area contributed by atoms with E-state index in [4.69, 9.17) is 9.15 Å². The predicted octanol–water partition coefficient (Wildman–Crippen LogP) is 3.13. The molecule has 0 saturated heterocycles. The van der Waals surface area contributed by atoms with Crippen LogP contribution in [0.2, 0.25) is 0 Å². The summed E-state index contributed by atoms with van der Waals surface area (Å²) in [6.07, 6.45) is 7.78. The number of hydrogen-bond acceptors (Lipinski definition) is 6. The van der Waals surface area contributed by atoms with Crippen molar-refractivity contribution in [3.63, 3.8) is 0 Å². The Morgan fingerprint density at radius 2 is 1.84 bits per heavy atom. The maximum atomic E-state index is 11.7. The Kier molecular flexibility index (Phi) is 8.57. The molecule has 0 unspecified atom stereocenters. The van der Waals surface area contributed by atoms with Gasteiger partial charge >= 0.3 is 5.97 Å². The molecule has 0 radical (unpaired) electrons. The zero-order valence-electron chi connectivity index (χ0n) is 14.2. The lowest BCUT2D eigenvalue weighted by molar-refractivity contribution is -0.139. The van der Waals surface area contributed by atoms with Crippen molar-refractivity contribution in [1.29, 1.82) is 0 Å². The Balaban J connectivity index is 2.36. The van der Waals surface area contributed by atoms with Crippen molar-refractivity contribution in [3.05, 3.63) is 59.1 Å². The van der Waals surface area contributed by atoms with Crippen LogP contribution in [0.25, 0.3) is 0 Å². The molecule has 0 aromatic carbocycles. The number of esters is 1. The van der Waals surface area contributed by atoms with Gasteiger partial charge in [-0.25, -0.2) is 4.79 Å². The third-order valence-corrected chi connectivity index (χ3v) is 3.14. The molecule has 25 heavy (non-hydrogen) atoms. The van der Waals surface area contributed by atoms with E-state index in [-0.39, 0.29) is 24.6 Å². The van der Waals surface area contributed by atoms with Gasteiger partial charge in [0.25, 0.3) is 0 Å². The van der Waals surface area contributed by atoms with Gasteiger partial charge in [-0.3, -0.25) is 14.4 Å². The van der Waals surface area contributed by atoms with E-state index >= 15 is 0 Å². The number of ketones is 1. The average molecular weight is 344 g/mol. The average Bonchev–Trinajstić information content (AvgIpc) is 3.08. The summed E-state index contributed by atoms with van der Waals surface area (Å²) in [4.78, 5) is 44.2. The molecule has 132 valence electrons. The summed E-state index contributed by atoms with van der Waals surface area (Å²) in [6, 6.07) is 3.00. The molecule has 0 fully saturated rings. The van der Waals surface area contributed by atoms with Gasteiger partial charge in [-0.1, -0.05) is 17.7 Å². The molecule has 0 bridgehead atoms. The van der Waals surface area contributed by atoms with Crippen molar-refractivity contribution in [2.75, 3.05) is 0 Å². The first kappa shape index (κ1) is 20.0. The Morgan fingerprint density at radius 1 is 1.08 bits per heavy atom. The number of rotatable bonds is 10. The quantitative estimate of drug-likeness (QED) is 0.280. The Hall–Kier alpha value is -3.02. The van der Waals surface area contributed by atoms with E-state index in [0.29, 0.717) is 24.0 Å². The van der Waals surface area contributed by atoms with Gasteiger partial charge in [0.05, 0.1) is 0 Å². The van der Waals surface area contributed by atoms with Crippen LogP contribution < -0.4 is 0 Å². The van der Waals surface area contributed by atoms with Gasteiger partial charge in [-0.15, -0.1) is 0 Å². The van der Waals surface area contributed by atoms with Gasteiger partial charge in [0.15, 0.2) is 17.8 Å². The summed E-state index contributed by atoms with van der Waals surface area (Å²) >= 11 is 0. The lowest BCUT2D eigenvalue weighted by Gasteiger charge is -1.99. The number of hydrogen-bond donors (Lipinski definition) is 0. The molecule has 0 aliphatic heterocycles. The zero-order chi connectivity index (χ0) is 18.7. The van der Waals surface area contributed by atoms with Gasteiger partial charge in [-0.2, -0.15) is 0 Å². The molecule has 1 aromatic rings. The zero-order valence-corrected chi connectivity index (χ0v) is 14.2. The number of furan rings is 1. The van der Waals surface area contributed by atoms with Crippen molar-refractivity contribution in [3.8, 4) is 0 Å². The molecule has 1 rings (SSSR count). The number of allylic oxidation sites excluding steroid dienone is 5. The van der Waals surface area contributed by atoms with Crippen LogP contribution in [-0.2, 0) is 25.7 Å². The Labute approximate surface area is 145 Å². The fourth-order valence-electron chi connectivity index (χ4n) is 1.69. The third kappa shape index (κ3) is 8.41. The molecule has 0 saturated carbocycles. The van der Waals surface area contributed by atoms with Gasteiger partial charge in [0.1, 0.15) is 18.7 Å². The van der Waals surface area contributed by atoms with Gasteiger partial charge in [0.2, 0.25) is 0 Å². The van der Waals surface area contributed by atoms with Gasteiger partial charge < -0.3 is 9.15 Å². The van der Waals surface area contributed by atoms with Crippen LogP contribution in [0.15, 0.2) is 52.0 Å². The smallest absolute Gasteiger partial charge is 0.331 e. The number of aldehydes is 2. The van der Waals surface area contributed by atoms with Gasteiger partial charge in [-0.05, 0) is 44.1 Å². The van der Waals surface area contributed by atoms with E-state index in [2.05, 4.69) is 0 Å². The van der Waals surface area contributed by atoms with Crippen molar-refractivity contribution < 1.29 is 28.3 Å². The second-order valence-electron chi connectivity index (χ2n) is 5.37. The van der Waals surface area contributed by atoms with Crippen LogP contribution in [-0.4, -0.2) is 24.3 Å². The lowest BCUT2D eigenvalue weighted by Crippen LogP contribution is -2.02. The largest absolute Gasteiger partial charge is 0.455 e. The molecule has 1 heterocycles. The van der Waals surface area contributed by atoms with Crippen LogP contribution in [0.3, 0.4) is 0 Å². The molecule has 0 amide bonds. The maximum Gasteiger partial charge on any atom is 0.331 e. The first-order valence-corrected chi connectivity index (χ1v) is 7.65. The van der Waals surface area contributed by atoms with Crippen LogP contribution in [0, 0.1) is 0 Å². The monoisotopic (exact) mass is 344 g/mol. The summed E-state index contributed by atoms with van der Waals surface area (Å²) < 4.78 is 9.95. The van der Waals surface area contributed by atoms with E-state index in [1.807, 2.05) is 6.92 Å². The molecular formula is C19H20O6. The van der Waals surface area contributed by atoms with E-state index in [1.165, 1.54) is 18.2 Å². The van der Waals surface area contributed by atoms with Crippen LogP contribution >= 0.6 is 0 Å². The Bertz CT molecular complexity index is 718. The first-order valence-electron chi connectivity index (χ1n) is 7.65. The maximum absolute atomic E-state index is 11.7. The van der Waals surface area contributed by atoms with E-state index in [0.717, 1.165) is 17.9 Å². The number of ether oxygens (including phenoxy) is 1. The molecule has 0 N–H and O–H groups in total. The summed E-state index contributed by atoms with van der Waals surface area (Å²) in [5.41, 5.74) is 1.56. The van der Waals surface area contributed by atoms with Crippen molar-refractivity contribution in [1.82, 2.24) is 0 Å². The SMILES string of the molecule is C/C(C=O)=C\C=C(/C)CCC(=O)/C=C\C(=O)OCc1ccc(C=O)o1. The highest BCUT2D eigenvalue weighted by molar-refractivity contribution is 5.95. The minimum Gasteiger partial charge on any atom is -0.455 e. The molecule has 0 aliphatic carbocycles. The minimum atomic E-state index is -0.672. The highest BCUT2D eigenvalue weighted by atomic mass is 16.5. The second kappa shape index (κ2) is 10.7. The highest BCUT2D eigenvalue weighted by Crippen LogP contribution is 2.08. The fraction of sp³-hybridized carbons (Fsp3) is 0.263. The standard InChI is InChI=1S/C19H20O6/c1-14(3-4-15(2)11-20)5-6-16(22)7-10-19(23)24-13-18-9-8-17(12-21)25-18/h3-4,7-12H,5-6,13H2,1-2H3/b10-7-,14-3+,15-4+. The first-order chi connectivity index (χ1) is 11.9. The number of carbonyl (C=O) groups excluding carboxylic acids is 4. The topological polar surface area (TPSA) is 90.6 Å². The molecule has 0 spiro atoms. The molecular weight excluding hydrogens is 324 g/mol. The number of carbonyl (C=O) groups is 4. The summed E-state index contributed by atoms with van der Waals surface area (Å²) in [7, 11) is 0. The van der Waals surface area contributed by atoms with Crippen molar-refractivity contribution in [2.24, 2.45) is 0 Å². The van der Waals surface area contributed by atoms with Gasteiger partial charge in [0, 0.05) is 12.5 Å². The van der Waals surface area contributed by atoms with E-state index < -0.39 is 5.97 Å². The van der Waals surface area contributed by atoms with E-state index in [9.17, 15) is 19.2 Å². The van der Waals surface area contributed by atoms with E-state index in [1.54, 1.807) is 19.1 Å². The lowest BCUT2D eigenvalue weighted by atomic mass is 10.1. The summed E-state index contributed by atoms with van der Waals surface area (Å²) in [5, 5.41) is 0. The Morgan fingerprint density at radius 3 is 2.48 bits per heavy atom. The molecule has 0 atom stereocenters. The second-order valence-corrected chi connectivity index (χ2v) is 5.37. The molecule has 6 nitrogen and oxygen atoms in total.